The quantitative estimate of drug-likeness (QED) is 0.898. The molecule has 6 heteroatoms. The molecular weight excluding hydrogens is 338 g/mol. The summed E-state index contributed by atoms with van der Waals surface area (Å²) in [6, 6.07) is 7.19. The van der Waals surface area contributed by atoms with E-state index in [2.05, 4.69) is 20.8 Å². The fourth-order valence-corrected chi connectivity index (χ4v) is 3.65. The van der Waals surface area contributed by atoms with Gasteiger partial charge < -0.3 is 5.11 Å². The van der Waals surface area contributed by atoms with Gasteiger partial charge in [0.2, 0.25) is 0 Å². The Morgan fingerprint density at radius 1 is 1.36 bits per heavy atom. The Bertz CT molecular complexity index is 779. The standard InChI is InChI=1S/C19H24ClN3O2/c1-19(2,3)17-13(11-22-10-6-9-16(22)18(24)25)12-23(21-17)15-8-5-4-7-14(15)20/h4-5,7-8,12,16H,6,9-11H2,1-3H3,(H,24,25)/t16-/m1/s1. The molecule has 1 N–H and O–H groups in total. The van der Waals surface area contributed by atoms with Crippen molar-refractivity contribution >= 4 is 17.6 Å². The zero-order chi connectivity index (χ0) is 18.2. The minimum Gasteiger partial charge on any atom is -0.480 e. The average molecular weight is 362 g/mol. The van der Waals surface area contributed by atoms with Crippen LogP contribution in [0.1, 0.15) is 44.9 Å². The molecule has 0 amide bonds. The van der Waals surface area contributed by atoms with Crippen LogP contribution in [0.15, 0.2) is 30.5 Å². The highest BCUT2D eigenvalue weighted by atomic mass is 35.5. The molecule has 1 fully saturated rings. The summed E-state index contributed by atoms with van der Waals surface area (Å²) in [7, 11) is 0. The van der Waals surface area contributed by atoms with Crippen LogP contribution in [0.4, 0.5) is 0 Å². The van der Waals surface area contributed by atoms with E-state index in [9.17, 15) is 9.90 Å². The van der Waals surface area contributed by atoms with E-state index in [0.717, 1.165) is 29.9 Å². The lowest BCUT2D eigenvalue weighted by atomic mass is 9.89. The second-order valence-electron chi connectivity index (χ2n) is 7.62. The molecule has 1 atom stereocenters. The number of carbonyl (C=O) groups is 1. The van der Waals surface area contributed by atoms with Crippen LogP contribution in [-0.4, -0.2) is 38.3 Å². The van der Waals surface area contributed by atoms with Crippen molar-refractivity contribution in [3.05, 3.63) is 46.7 Å². The molecule has 2 aromatic rings. The second-order valence-corrected chi connectivity index (χ2v) is 8.02. The molecule has 0 spiro atoms. The Balaban J connectivity index is 1.98. The van der Waals surface area contributed by atoms with Crippen LogP contribution in [0.5, 0.6) is 0 Å². The van der Waals surface area contributed by atoms with Crippen molar-refractivity contribution in [2.24, 2.45) is 0 Å². The number of hydrogen-bond donors (Lipinski definition) is 1. The SMILES string of the molecule is CC(C)(C)c1nn(-c2ccccc2Cl)cc1CN1CCC[C@@H]1C(=O)O. The van der Waals surface area contributed by atoms with E-state index < -0.39 is 12.0 Å². The number of carboxylic acids is 1. The maximum absolute atomic E-state index is 11.5. The number of para-hydroxylation sites is 1. The van der Waals surface area contributed by atoms with Crippen molar-refractivity contribution in [2.75, 3.05) is 6.54 Å². The summed E-state index contributed by atoms with van der Waals surface area (Å²) >= 11 is 6.32. The molecule has 0 radical (unpaired) electrons. The average Bonchev–Trinajstić information content (AvgIpc) is 3.14. The van der Waals surface area contributed by atoms with E-state index in [1.54, 1.807) is 0 Å². The smallest absolute Gasteiger partial charge is 0.320 e. The number of nitrogens with zero attached hydrogens (tertiary/aromatic N) is 3. The Hall–Kier alpha value is -1.85. The van der Waals surface area contributed by atoms with Gasteiger partial charge in [0, 0.05) is 23.7 Å². The third-order valence-electron chi connectivity index (χ3n) is 4.62. The highest BCUT2D eigenvalue weighted by Crippen LogP contribution is 2.30. The molecule has 134 valence electrons. The molecule has 1 saturated heterocycles. The molecule has 25 heavy (non-hydrogen) atoms. The number of likely N-dealkylation sites (tertiary alicyclic amines) is 1. The Morgan fingerprint density at radius 3 is 2.72 bits per heavy atom. The molecule has 1 aliphatic heterocycles. The maximum atomic E-state index is 11.5. The molecule has 1 aromatic heterocycles. The number of rotatable bonds is 4. The van der Waals surface area contributed by atoms with Crippen LogP contribution in [0.2, 0.25) is 5.02 Å². The third kappa shape index (κ3) is 3.72. The van der Waals surface area contributed by atoms with Gasteiger partial charge in [0.15, 0.2) is 0 Å². The summed E-state index contributed by atoms with van der Waals surface area (Å²) < 4.78 is 1.81. The summed E-state index contributed by atoms with van der Waals surface area (Å²) in [5.74, 6) is -0.742. The van der Waals surface area contributed by atoms with Crippen LogP contribution in [0.3, 0.4) is 0 Å². The van der Waals surface area contributed by atoms with Gasteiger partial charge >= 0.3 is 5.97 Å². The van der Waals surface area contributed by atoms with Gasteiger partial charge in [-0.1, -0.05) is 44.5 Å². The van der Waals surface area contributed by atoms with Crippen molar-refractivity contribution in [2.45, 2.75) is 51.6 Å². The number of aromatic nitrogens is 2. The minimum absolute atomic E-state index is 0.139. The highest BCUT2D eigenvalue weighted by Gasteiger charge is 2.32. The van der Waals surface area contributed by atoms with Crippen molar-refractivity contribution < 1.29 is 9.90 Å². The fourth-order valence-electron chi connectivity index (χ4n) is 3.43. The van der Waals surface area contributed by atoms with Gasteiger partial charge in [-0.25, -0.2) is 4.68 Å². The first-order valence-electron chi connectivity index (χ1n) is 8.58. The molecule has 5 nitrogen and oxygen atoms in total. The van der Waals surface area contributed by atoms with Crippen molar-refractivity contribution in [3.63, 3.8) is 0 Å². The maximum Gasteiger partial charge on any atom is 0.320 e. The van der Waals surface area contributed by atoms with Crippen molar-refractivity contribution in [1.82, 2.24) is 14.7 Å². The van der Waals surface area contributed by atoms with Gasteiger partial charge in [-0.2, -0.15) is 5.10 Å². The van der Waals surface area contributed by atoms with E-state index >= 15 is 0 Å². The Morgan fingerprint density at radius 2 is 2.08 bits per heavy atom. The number of halogens is 1. The molecule has 1 aromatic carbocycles. The van der Waals surface area contributed by atoms with Gasteiger partial charge in [-0.3, -0.25) is 9.69 Å². The fraction of sp³-hybridized carbons (Fsp3) is 0.474. The van der Waals surface area contributed by atoms with Crippen LogP contribution in [-0.2, 0) is 16.8 Å². The zero-order valence-electron chi connectivity index (χ0n) is 14.9. The molecule has 0 bridgehead atoms. The van der Waals surface area contributed by atoms with Crippen molar-refractivity contribution in [1.29, 1.82) is 0 Å². The largest absolute Gasteiger partial charge is 0.480 e. The van der Waals surface area contributed by atoms with Gasteiger partial charge in [0.1, 0.15) is 6.04 Å². The first kappa shape index (κ1) is 18.0. The molecule has 3 rings (SSSR count). The number of aliphatic carboxylic acids is 1. The normalized spacial score (nSPS) is 18.6. The van der Waals surface area contributed by atoms with E-state index in [0.29, 0.717) is 18.0 Å². The van der Waals surface area contributed by atoms with Crippen LogP contribution < -0.4 is 0 Å². The van der Waals surface area contributed by atoms with Crippen LogP contribution in [0.25, 0.3) is 5.69 Å². The summed E-state index contributed by atoms with van der Waals surface area (Å²) in [5, 5.41) is 14.9. The third-order valence-corrected chi connectivity index (χ3v) is 4.94. The summed E-state index contributed by atoms with van der Waals surface area (Å²) in [6.45, 7) is 7.75. The first-order chi connectivity index (χ1) is 11.8. The Labute approximate surface area is 153 Å². The van der Waals surface area contributed by atoms with Crippen LogP contribution >= 0.6 is 11.6 Å². The first-order valence-corrected chi connectivity index (χ1v) is 8.96. The topological polar surface area (TPSA) is 58.4 Å². The molecule has 0 aliphatic carbocycles. The minimum atomic E-state index is -0.742. The lowest BCUT2D eigenvalue weighted by Gasteiger charge is -2.23. The number of benzene rings is 1. The van der Waals surface area contributed by atoms with Crippen LogP contribution in [0, 0.1) is 0 Å². The van der Waals surface area contributed by atoms with E-state index in [1.807, 2.05) is 40.0 Å². The molecule has 0 saturated carbocycles. The predicted molar refractivity (Wildman–Crippen MR) is 98.3 cm³/mol. The summed E-state index contributed by atoms with van der Waals surface area (Å²) in [5.41, 5.74) is 2.72. The lowest BCUT2D eigenvalue weighted by molar-refractivity contribution is -0.142. The van der Waals surface area contributed by atoms with Gasteiger partial charge in [0.25, 0.3) is 0 Å². The second kappa shape index (κ2) is 6.81. The number of hydrogen-bond acceptors (Lipinski definition) is 3. The van der Waals surface area contributed by atoms with Gasteiger partial charge in [-0.15, -0.1) is 0 Å². The van der Waals surface area contributed by atoms with Crippen molar-refractivity contribution in [3.8, 4) is 5.69 Å². The monoisotopic (exact) mass is 361 g/mol. The molecular formula is C19H24ClN3O2. The van der Waals surface area contributed by atoms with E-state index in [1.165, 1.54) is 0 Å². The summed E-state index contributed by atoms with van der Waals surface area (Å²) in [4.78, 5) is 13.5. The number of carboxylic acid groups (broad SMARTS) is 1. The molecule has 1 aliphatic rings. The van der Waals surface area contributed by atoms with Gasteiger partial charge in [0.05, 0.1) is 16.4 Å². The van der Waals surface area contributed by atoms with E-state index in [4.69, 9.17) is 16.7 Å². The molecule has 0 unspecified atom stereocenters. The zero-order valence-corrected chi connectivity index (χ0v) is 15.6. The highest BCUT2D eigenvalue weighted by molar-refractivity contribution is 6.32. The molecule has 2 heterocycles. The Kier molecular flexibility index (Phi) is 4.89. The van der Waals surface area contributed by atoms with Gasteiger partial charge in [-0.05, 0) is 31.5 Å². The predicted octanol–water partition coefficient (Wildman–Crippen LogP) is 3.87. The van der Waals surface area contributed by atoms with E-state index in [-0.39, 0.29) is 5.41 Å². The lowest BCUT2D eigenvalue weighted by Crippen LogP contribution is -2.35. The summed E-state index contributed by atoms with van der Waals surface area (Å²) in [6.07, 6.45) is 3.61.